The lowest BCUT2D eigenvalue weighted by Gasteiger charge is -2.37. The lowest BCUT2D eigenvalue weighted by atomic mass is 10.1. The van der Waals surface area contributed by atoms with Crippen molar-refractivity contribution in [3.8, 4) is 5.75 Å². The minimum atomic E-state index is -0.484. The van der Waals surface area contributed by atoms with Crippen molar-refractivity contribution >= 4 is 30.2 Å². The van der Waals surface area contributed by atoms with Gasteiger partial charge in [-0.3, -0.25) is 0 Å². The second-order valence-electron chi connectivity index (χ2n) is 7.23. The summed E-state index contributed by atoms with van der Waals surface area (Å²) in [4.78, 5) is 16.1. The summed E-state index contributed by atoms with van der Waals surface area (Å²) in [6, 6.07) is 5.68. The van der Waals surface area contributed by atoms with Crippen LogP contribution in [-0.2, 0) is 4.74 Å². The van der Waals surface area contributed by atoms with Crippen LogP contribution in [0, 0.1) is 0 Å². The van der Waals surface area contributed by atoms with Crippen LogP contribution < -0.4 is 9.64 Å². The van der Waals surface area contributed by atoms with E-state index < -0.39 is 5.60 Å². The van der Waals surface area contributed by atoms with Gasteiger partial charge >= 0.3 is 6.09 Å². The van der Waals surface area contributed by atoms with E-state index in [1.165, 1.54) is 6.08 Å². The molecule has 27 heavy (non-hydrogen) atoms. The largest absolute Gasteiger partial charge is 0.507 e. The summed E-state index contributed by atoms with van der Waals surface area (Å²) >= 11 is 3.53. The molecule has 0 unspecified atom stereocenters. The molecule has 6 nitrogen and oxygen atoms in total. The molecule has 0 aliphatic carbocycles. The summed E-state index contributed by atoms with van der Waals surface area (Å²) in [6.07, 6.45) is 2.93. The van der Waals surface area contributed by atoms with Gasteiger partial charge in [0.1, 0.15) is 22.9 Å². The number of anilines is 1. The predicted octanol–water partition coefficient (Wildman–Crippen LogP) is 4.09. The van der Waals surface area contributed by atoms with Crippen molar-refractivity contribution < 1.29 is 19.4 Å². The number of hydrogen-bond donors (Lipinski definition) is 2. The third-order valence-corrected chi connectivity index (χ3v) is 4.08. The topological polar surface area (TPSA) is 62.2 Å². The Kier molecular flexibility index (Phi) is 6.70. The Morgan fingerprint density at radius 1 is 1.22 bits per heavy atom. The van der Waals surface area contributed by atoms with Gasteiger partial charge in [0, 0.05) is 44.0 Å². The summed E-state index contributed by atoms with van der Waals surface area (Å²) in [5.74, 6) is 1.17. The highest BCUT2D eigenvalue weighted by molar-refractivity contribution is 7.79. The van der Waals surface area contributed by atoms with Gasteiger partial charge in [0.2, 0.25) is 0 Å². The number of fused-ring (bicyclic) bond motifs is 1. The zero-order chi connectivity index (χ0) is 20.2. The van der Waals surface area contributed by atoms with Crippen molar-refractivity contribution in [2.24, 2.45) is 0 Å². The molecule has 1 aromatic rings. The van der Waals surface area contributed by atoms with Gasteiger partial charge in [-0.1, -0.05) is 6.58 Å². The third-order valence-electron chi connectivity index (χ3n) is 4.08. The molecule has 7 heteroatoms. The van der Waals surface area contributed by atoms with Crippen molar-refractivity contribution in [1.82, 2.24) is 4.90 Å². The van der Waals surface area contributed by atoms with Crippen LogP contribution in [-0.4, -0.2) is 54.1 Å². The van der Waals surface area contributed by atoms with Gasteiger partial charge in [0.15, 0.2) is 0 Å². The summed E-state index contributed by atoms with van der Waals surface area (Å²) in [5, 5.41) is 9.97. The molecule has 1 amide bonds. The maximum Gasteiger partial charge on any atom is 0.410 e. The highest BCUT2D eigenvalue weighted by Gasteiger charge is 2.26. The van der Waals surface area contributed by atoms with E-state index >= 15 is 0 Å². The van der Waals surface area contributed by atoms with Gasteiger partial charge < -0.3 is 24.4 Å². The number of rotatable bonds is 1. The first-order valence-electron chi connectivity index (χ1n) is 8.82. The third kappa shape index (κ3) is 5.35. The van der Waals surface area contributed by atoms with E-state index in [9.17, 15) is 9.90 Å². The summed E-state index contributed by atoms with van der Waals surface area (Å²) in [7, 11) is 0. The SMILES string of the molecule is C=C1C=C(O)c2ccc(N3CCN(C(=O)OC(C)(C)C)CC3)cc2O1.CS. The first-order valence-corrected chi connectivity index (χ1v) is 9.72. The van der Waals surface area contributed by atoms with E-state index in [4.69, 9.17) is 9.47 Å². The lowest BCUT2D eigenvalue weighted by molar-refractivity contribution is 0.0240. The number of thiol groups is 1. The Morgan fingerprint density at radius 3 is 2.44 bits per heavy atom. The highest BCUT2D eigenvalue weighted by atomic mass is 32.1. The van der Waals surface area contributed by atoms with Crippen LogP contribution >= 0.6 is 12.6 Å². The molecule has 2 aliphatic rings. The van der Waals surface area contributed by atoms with Crippen LogP contribution in [0.2, 0.25) is 0 Å². The second kappa shape index (κ2) is 8.61. The molecule has 0 bridgehead atoms. The molecule has 0 spiro atoms. The Hall–Kier alpha value is -2.28. The summed E-state index contributed by atoms with van der Waals surface area (Å²) in [5.41, 5.74) is 1.16. The molecule has 0 aromatic heterocycles. The first kappa shape index (κ1) is 21.0. The molecule has 0 atom stereocenters. The smallest absolute Gasteiger partial charge is 0.410 e. The molecule has 1 aromatic carbocycles. The van der Waals surface area contributed by atoms with E-state index in [1.807, 2.05) is 39.0 Å². The summed E-state index contributed by atoms with van der Waals surface area (Å²) in [6.45, 7) is 12.0. The zero-order valence-electron chi connectivity index (χ0n) is 16.4. The number of allylic oxidation sites excluding steroid dienone is 1. The number of hydrogen-bond acceptors (Lipinski definition) is 6. The molecule has 1 saturated heterocycles. The van der Waals surface area contributed by atoms with Crippen LogP contribution in [0.4, 0.5) is 10.5 Å². The van der Waals surface area contributed by atoms with Crippen LogP contribution in [0.1, 0.15) is 26.3 Å². The average Bonchev–Trinajstić information content (AvgIpc) is 2.61. The van der Waals surface area contributed by atoms with Gasteiger partial charge in [0.05, 0.1) is 5.56 Å². The fourth-order valence-electron chi connectivity index (χ4n) is 2.88. The maximum absolute atomic E-state index is 12.1. The number of amides is 1. The quantitative estimate of drug-likeness (QED) is 0.705. The standard InChI is InChI=1S/C19H24N2O4.CH4S/c1-13-11-16(22)15-6-5-14(12-17(15)24-13)20-7-9-21(10-8-20)18(23)25-19(2,3)4;1-2/h5-6,11-12,22H,1,7-10H2,2-4H3;2H,1H3. The van der Waals surface area contributed by atoms with Crippen LogP contribution in [0.3, 0.4) is 0 Å². The van der Waals surface area contributed by atoms with Gasteiger partial charge in [-0.2, -0.15) is 12.6 Å². The Labute approximate surface area is 166 Å². The Bertz CT molecular complexity index is 732. The van der Waals surface area contributed by atoms with Crippen molar-refractivity contribution in [2.45, 2.75) is 26.4 Å². The number of piperazine rings is 1. The summed E-state index contributed by atoms with van der Waals surface area (Å²) < 4.78 is 11.0. The maximum atomic E-state index is 12.1. The monoisotopic (exact) mass is 392 g/mol. The molecular weight excluding hydrogens is 364 g/mol. The highest BCUT2D eigenvalue weighted by Crippen LogP contribution is 2.35. The molecule has 1 N–H and O–H groups in total. The number of benzene rings is 1. The lowest BCUT2D eigenvalue weighted by Crippen LogP contribution is -2.50. The van der Waals surface area contributed by atoms with Crippen molar-refractivity contribution in [2.75, 3.05) is 37.3 Å². The second-order valence-corrected chi connectivity index (χ2v) is 7.23. The molecular formula is C20H28N2O4S. The number of ether oxygens (including phenoxy) is 2. The van der Waals surface area contributed by atoms with Gasteiger partial charge in [0.25, 0.3) is 0 Å². The zero-order valence-corrected chi connectivity index (χ0v) is 17.3. The minimum Gasteiger partial charge on any atom is -0.507 e. The van der Waals surface area contributed by atoms with E-state index in [1.54, 1.807) is 11.2 Å². The fourth-order valence-corrected chi connectivity index (χ4v) is 2.88. The van der Waals surface area contributed by atoms with E-state index in [-0.39, 0.29) is 11.9 Å². The van der Waals surface area contributed by atoms with Gasteiger partial charge in [-0.05, 0) is 39.2 Å². The number of nitrogens with zero attached hydrogens (tertiary/aromatic N) is 2. The molecule has 1 fully saturated rings. The van der Waals surface area contributed by atoms with Crippen molar-refractivity contribution in [1.29, 1.82) is 0 Å². The predicted molar refractivity (Wildman–Crippen MR) is 112 cm³/mol. The molecule has 0 saturated carbocycles. The van der Waals surface area contributed by atoms with E-state index in [2.05, 4.69) is 24.1 Å². The van der Waals surface area contributed by atoms with E-state index in [0.29, 0.717) is 43.3 Å². The molecule has 148 valence electrons. The fraction of sp³-hybridized carbons (Fsp3) is 0.450. The van der Waals surface area contributed by atoms with Crippen LogP contribution in [0.25, 0.3) is 5.76 Å². The van der Waals surface area contributed by atoms with E-state index in [0.717, 1.165) is 5.69 Å². The van der Waals surface area contributed by atoms with Crippen LogP contribution in [0.15, 0.2) is 36.6 Å². The number of carbonyl (C=O) groups is 1. The normalized spacial score (nSPS) is 16.5. The van der Waals surface area contributed by atoms with Gasteiger partial charge in [-0.25, -0.2) is 4.79 Å². The first-order chi connectivity index (χ1) is 12.7. The van der Waals surface area contributed by atoms with Crippen LogP contribution in [0.5, 0.6) is 5.75 Å². The average molecular weight is 393 g/mol. The molecule has 2 heterocycles. The van der Waals surface area contributed by atoms with Crippen molar-refractivity contribution in [3.63, 3.8) is 0 Å². The number of aliphatic hydroxyl groups excluding tert-OH is 1. The Morgan fingerprint density at radius 2 is 1.85 bits per heavy atom. The molecule has 2 aliphatic heterocycles. The number of aliphatic hydroxyl groups is 1. The molecule has 0 radical (unpaired) electrons. The van der Waals surface area contributed by atoms with Gasteiger partial charge in [-0.15, -0.1) is 0 Å². The Balaban J connectivity index is 0.00000126. The number of carbonyl (C=O) groups excluding carboxylic acids is 1. The van der Waals surface area contributed by atoms with Crippen molar-refractivity contribution in [3.05, 3.63) is 42.2 Å². The minimum absolute atomic E-state index is 0.160. The molecule has 3 rings (SSSR count).